The van der Waals surface area contributed by atoms with Crippen LogP contribution in [0.4, 0.5) is 10.5 Å². The molecule has 1 heterocycles. The number of benzene rings is 2. The highest BCUT2D eigenvalue weighted by Gasteiger charge is 2.36. The zero-order chi connectivity index (χ0) is 20.3. The van der Waals surface area contributed by atoms with Gasteiger partial charge in [0.15, 0.2) is 0 Å². The van der Waals surface area contributed by atoms with Gasteiger partial charge in [-0.15, -0.1) is 0 Å². The Kier molecular flexibility index (Phi) is 5.21. The van der Waals surface area contributed by atoms with Crippen LogP contribution in [0.3, 0.4) is 0 Å². The van der Waals surface area contributed by atoms with Gasteiger partial charge in [-0.25, -0.2) is 9.69 Å². The molecular weight excluding hydrogens is 364 g/mol. The standard InChI is InChI=1S/C20H16N2O6/c1-12(19(25)26)28-15-9-7-13(8-10-15)11-16-17(23)21-20(27)22(18(16)24)14-5-3-2-4-6-14/h2-12H,1H3,(H,25,26)(H,21,23,27)/p-1/b16-11-/t12-/m1/s1. The number of anilines is 1. The lowest BCUT2D eigenvalue weighted by molar-refractivity contribution is -0.312. The zero-order valence-corrected chi connectivity index (χ0v) is 14.7. The summed E-state index contributed by atoms with van der Waals surface area (Å²) in [5, 5.41) is 12.9. The van der Waals surface area contributed by atoms with Gasteiger partial charge in [-0.2, -0.15) is 0 Å². The van der Waals surface area contributed by atoms with Gasteiger partial charge >= 0.3 is 6.03 Å². The minimum absolute atomic E-state index is 0.208. The van der Waals surface area contributed by atoms with Gasteiger partial charge in [0, 0.05) is 0 Å². The van der Waals surface area contributed by atoms with Crippen LogP contribution in [-0.2, 0) is 14.4 Å². The van der Waals surface area contributed by atoms with Crippen molar-refractivity contribution in [3.63, 3.8) is 0 Å². The average molecular weight is 379 g/mol. The molecule has 1 aliphatic rings. The third-order valence-electron chi connectivity index (χ3n) is 3.95. The number of carbonyl (C=O) groups is 4. The first-order chi connectivity index (χ1) is 13.4. The monoisotopic (exact) mass is 379 g/mol. The molecule has 1 fully saturated rings. The summed E-state index contributed by atoms with van der Waals surface area (Å²) in [4.78, 5) is 48.6. The molecule has 1 saturated heterocycles. The Labute approximate surface area is 160 Å². The van der Waals surface area contributed by atoms with Crippen LogP contribution in [0, 0.1) is 0 Å². The largest absolute Gasteiger partial charge is 0.546 e. The first-order valence-corrected chi connectivity index (χ1v) is 8.31. The number of barbiturate groups is 1. The highest BCUT2D eigenvalue weighted by molar-refractivity contribution is 6.39. The molecule has 1 aliphatic heterocycles. The first kappa shape index (κ1) is 18.8. The van der Waals surface area contributed by atoms with Gasteiger partial charge in [0.05, 0.1) is 11.7 Å². The summed E-state index contributed by atoms with van der Waals surface area (Å²) in [5.74, 6) is -2.60. The Hall–Kier alpha value is -3.94. The summed E-state index contributed by atoms with van der Waals surface area (Å²) >= 11 is 0. The Balaban J connectivity index is 1.86. The number of aliphatic carboxylic acids is 1. The molecule has 2 aromatic carbocycles. The minimum atomic E-state index is -1.35. The van der Waals surface area contributed by atoms with Crippen molar-refractivity contribution in [2.45, 2.75) is 13.0 Å². The number of carboxylic acid groups (broad SMARTS) is 1. The fraction of sp³-hybridized carbons (Fsp3) is 0.100. The van der Waals surface area contributed by atoms with E-state index < -0.39 is 29.9 Å². The lowest BCUT2D eigenvalue weighted by Crippen LogP contribution is -2.54. The van der Waals surface area contributed by atoms with Gasteiger partial charge in [-0.05, 0) is 42.8 Å². The van der Waals surface area contributed by atoms with Gasteiger partial charge in [0.25, 0.3) is 11.8 Å². The summed E-state index contributed by atoms with van der Waals surface area (Å²) in [6.45, 7) is 1.34. The number of urea groups is 1. The maximum Gasteiger partial charge on any atom is 0.335 e. The van der Waals surface area contributed by atoms with Crippen LogP contribution in [0.1, 0.15) is 12.5 Å². The van der Waals surface area contributed by atoms with E-state index in [4.69, 9.17) is 4.74 Å². The first-order valence-electron chi connectivity index (χ1n) is 8.31. The van der Waals surface area contributed by atoms with E-state index in [1.807, 2.05) is 0 Å². The summed E-state index contributed by atoms with van der Waals surface area (Å²) in [6.07, 6.45) is 0.215. The third kappa shape index (κ3) is 3.90. The molecule has 0 unspecified atom stereocenters. The SMILES string of the molecule is C[C@@H](Oc1ccc(/C=C2/C(=O)NC(=O)N(c3ccccc3)C2=O)cc1)C(=O)[O-]. The predicted octanol–water partition coefficient (Wildman–Crippen LogP) is 0.870. The van der Waals surface area contributed by atoms with Crippen LogP contribution in [0.15, 0.2) is 60.2 Å². The minimum Gasteiger partial charge on any atom is -0.546 e. The summed E-state index contributed by atoms with van der Waals surface area (Å²) < 4.78 is 5.17. The number of nitrogens with zero attached hydrogens (tertiary/aromatic N) is 1. The number of imide groups is 2. The van der Waals surface area contributed by atoms with E-state index in [1.54, 1.807) is 42.5 Å². The van der Waals surface area contributed by atoms with E-state index in [9.17, 15) is 24.3 Å². The van der Waals surface area contributed by atoms with E-state index >= 15 is 0 Å². The molecule has 142 valence electrons. The van der Waals surface area contributed by atoms with E-state index in [0.717, 1.165) is 4.90 Å². The van der Waals surface area contributed by atoms with E-state index in [2.05, 4.69) is 5.32 Å². The van der Waals surface area contributed by atoms with Gasteiger partial charge < -0.3 is 14.6 Å². The predicted molar refractivity (Wildman–Crippen MR) is 97.0 cm³/mol. The van der Waals surface area contributed by atoms with E-state index in [1.165, 1.54) is 25.1 Å². The molecule has 1 atom stereocenters. The highest BCUT2D eigenvalue weighted by atomic mass is 16.5. The Morgan fingerprint density at radius 1 is 1.07 bits per heavy atom. The molecule has 8 nitrogen and oxygen atoms in total. The third-order valence-corrected chi connectivity index (χ3v) is 3.95. The Bertz CT molecular complexity index is 966. The molecular formula is C20H15N2O6-. The summed E-state index contributed by atoms with van der Waals surface area (Å²) in [5.41, 5.74) is 0.623. The number of carbonyl (C=O) groups excluding carboxylic acids is 4. The molecule has 0 aromatic heterocycles. The molecule has 0 bridgehead atoms. The smallest absolute Gasteiger partial charge is 0.335 e. The molecule has 2 aromatic rings. The van der Waals surface area contributed by atoms with Crippen molar-refractivity contribution in [1.82, 2.24) is 5.32 Å². The lowest BCUT2D eigenvalue weighted by atomic mass is 10.1. The summed E-state index contributed by atoms with van der Waals surface area (Å²) in [7, 11) is 0. The lowest BCUT2D eigenvalue weighted by Gasteiger charge is -2.26. The molecule has 0 aliphatic carbocycles. The van der Waals surface area contributed by atoms with Crippen LogP contribution >= 0.6 is 0 Å². The Morgan fingerprint density at radius 3 is 2.32 bits per heavy atom. The van der Waals surface area contributed by atoms with Crippen molar-refractivity contribution in [1.29, 1.82) is 0 Å². The number of hydrogen-bond donors (Lipinski definition) is 1. The van der Waals surface area contributed by atoms with E-state index in [-0.39, 0.29) is 5.57 Å². The molecule has 28 heavy (non-hydrogen) atoms. The van der Waals surface area contributed by atoms with Crippen LogP contribution in [-0.4, -0.2) is 29.9 Å². The maximum absolute atomic E-state index is 12.7. The molecule has 4 amide bonds. The highest BCUT2D eigenvalue weighted by Crippen LogP contribution is 2.22. The second-order valence-electron chi connectivity index (χ2n) is 5.94. The molecule has 8 heteroatoms. The topological polar surface area (TPSA) is 116 Å². The van der Waals surface area contributed by atoms with Crippen LogP contribution in [0.25, 0.3) is 6.08 Å². The number of nitrogens with one attached hydrogen (secondary N) is 1. The number of hydrogen-bond acceptors (Lipinski definition) is 6. The molecule has 0 spiro atoms. The maximum atomic E-state index is 12.7. The van der Waals surface area contributed by atoms with Crippen molar-refractivity contribution < 1.29 is 29.0 Å². The van der Waals surface area contributed by atoms with Crippen LogP contribution < -0.4 is 20.1 Å². The van der Waals surface area contributed by atoms with Crippen LogP contribution in [0.5, 0.6) is 5.75 Å². The van der Waals surface area contributed by atoms with Gasteiger partial charge in [-0.3, -0.25) is 14.9 Å². The van der Waals surface area contributed by atoms with E-state index in [0.29, 0.717) is 17.0 Å². The molecule has 3 rings (SSSR count). The number of rotatable bonds is 5. The fourth-order valence-electron chi connectivity index (χ4n) is 2.53. The van der Waals surface area contributed by atoms with Gasteiger partial charge in [0.1, 0.15) is 17.4 Å². The zero-order valence-electron chi connectivity index (χ0n) is 14.7. The van der Waals surface area contributed by atoms with Crippen molar-refractivity contribution in [2.24, 2.45) is 0 Å². The van der Waals surface area contributed by atoms with Crippen molar-refractivity contribution in [3.8, 4) is 5.75 Å². The second-order valence-corrected chi connectivity index (χ2v) is 5.94. The number of carboxylic acids is 1. The number of para-hydroxylation sites is 1. The quantitative estimate of drug-likeness (QED) is 0.609. The van der Waals surface area contributed by atoms with Crippen LogP contribution in [0.2, 0.25) is 0 Å². The number of amides is 4. The Morgan fingerprint density at radius 2 is 1.71 bits per heavy atom. The van der Waals surface area contributed by atoms with Gasteiger partial charge in [0.2, 0.25) is 0 Å². The fourth-order valence-corrected chi connectivity index (χ4v) is 2.53. The normalized spacial score (nSPS) is 16.7. The second kappa shape index (κ2) is 7.75. The number of ether oxygens (including phenoxy) is 1. The molecule has 0 radical (unpaired) electrons. The van der Waals surface area contributed by atoms with Crippen molar-refractivity contribution >= 4 is 35.6 Å². The molecule has 1 N–H and O–H groups in total. The average Bonchev–Trinajstić information content (AvgIpc) is 2.67. The summed E-state index contributed by atoms with van der Waals surface area (Å²) in [6, 6.07) is 13.5. The van der Waals surface area contributed by atoms with Crippen molar-refractivity contribution in [3.05, 3.63) is 65.7 Å². The van der Waals surface area contributed by atoms with Gasteiger partial charge in [-0.1, -0.05) is 30.3 Å². The van der Waals surface area contributed by atoms with Crippen molar-refractivity contribution in [2.75, 3.05) is 4.90 Å². The molecule has 0 saturated carbocycles.